The fourth-order valence-electron chi connectivity index (χ4n) is 2.42. The fourth-order valence-corrected chi connectivity index (χ4v) is 2.42. The molecule has 2 heterocycles. The number of amides is 1. The Kier molecular flexibility index (Phi) is 4.55. The lowest BCUT2D eigenvalue weighted by Crippen LogP contribution is -2.44. The first-order chi connectivity index (χ1) is 9.99. The molecule has 2 rings (SSSR count). The van der Waals surface area contributed by atoms with Crippen molar-refractivity contribution in [1.29, 1.82) is 0 Å². The minimum absolute atomic E-state index is 0.0127. The Labute approximate surface area is 125 Å². The molecule has 0 aromatic carbocycles. The SMILES string of the molecule is CCC(C)N(C(=O)c1cnc2c(c1)nnn2C)C(C)CC. The van der Waals surface area contributed by atoms with Crippen molar-refractivity contribution in [2.75, 3.05) is 0 Å². The van der Waals surface area contributed by atoms with Crippen molar-refractivity contribution in [3.8, 4) is 0 Å². The van der Waals surface area contributed by atoms with Crippen LogP contribution >= 0.6 is 0 Å². The fraction of sp³-hybridized carbons (Fsp3) is 0.600. The summed E-state index contributed by atoms with van der Waals surface area (Å²) in [5.74, 6) is 0.0127. The summed E-state index contributed by atoms with van der Waals surface area (Å²) in [6, 6.07) is 2.17. The van der Waals surface area contributed by atoms with Crippen molar-refractivity contribution < 1.29 is 4.79 Å². The first-order valence-corrected chi connectivity index (χ1v) is 7.47. The normalized spacial score (nSPS) is 14.1. The van der Waals surface area contributed by atoms with Gasteiger partial charge in [-0.25, -0.2) is 9.67 Å². The summed E-state index contributed by atoms with van der Waals surface area (Å²) in [5, 5.41) is 7.95. The van der Waals surface area contributed by atoms with Gasteiger partial charge in [0.05, 0.1) is 5.56 Å². The topological polar surface area (TPSA) is 63.9 Å². The van der Waals surface area contributed by atoms with Gasteiger partial charge >= 0.3 is 0 Å². The lowest BCUT2D eigenvalue weighted by Gasteiger charge is -2.34. The van der Waals surface area contributed by atoms with Crippen molar-refractivity contribution in [2.45, 2.75) is 52.6 Å². The molecule has 0 aliphatic carbocycles. The number of hydrogen-bond acceptors (Lipinski definition) is 4. The van der Waals surface area contributed by atoms with Gasteiger partial charge in [-0.05, 0) is 32.8 Å². The van der Waals surface area contributed by atoms with Crippen molar-refractivity contribution in [3.63, 3.8) is 0 Å². The summed E-state index contributed by atoms with van der Waals surface area (Å²) in [6.45, 7) is 8.35. The zero-order valence-corrected chi connectivity index (χ0v) is 13.4. The maximum Gasteiger partial charge on any atom is 0.255 e. The predicted molar refractivity (Wildman–Crippen MR) is 82.0 cm³/mol. The van der Waals surface area contributed by atoms with E-state index in [0.29, 0.717) is 16.7 Å². The monoisotopic (exact) mass is 289 g/mol. The number of hydrogen-bond donors (Lipinski definition) is 0. The van der Waals surface area contributed by atoms with E-state index in [0.717, 1.165) is 12.8 Å². The highest BCUT2D eigenvalue weighted by Gasteiger charge is 2.25. The lowest BCUT2D eigenvalue weighted by atomic mass is 10.1. The van der Waals surface area contributed by atoms with Crippen LogP contribution in [0.25, 0.3) is 11.2 Å². The van der Waals surface area contributed by atoms with Crippen LogP contribution in [0.5, 0.6) is 0 Å². The molecular weight excluding hydrogens is 266 g/mol. The molecule has 1 amide bonds. The van der Waals surface area contributed by atoms with Crippen LogP contribution in [-0.2, 0) is 7.05 Å². The molecule has 0 N–H and O–H groups in total. The zero-order valence-electron chi connectivity index (χ0n) is 13.4. The smallest absolute Gasteiger partial charge is 0.255 e. The van der Waals surface area contributed by atoms with E-state index in [1.807, 2.05) is 4.90 Å². The summed E-state index contributed by atoms with van der Waals surface area (Å²) in [4.78, 5) is 19.1. The van der Waals surface area contributed by atoms with E-state index in [2.05, 4.69) is 43.0 Å². The number of carbonyl (C=O) groups is 1. The van der Waals surface area contributed by atoms with Gasteiger partial charge in [0, 0.05) is 25.3 Å². The summed E-state index contributed by atoms with van der Waals surface area (Å²) >= 11 is 0. The predicted octanol–water partition coefficient (Wildman–Crippen LogP) is 2.40. The molecule has 0 radical (unpaired) electrons. The molecule has 0 aliphatic heterocycles. The van der Waals surface area contributed by atoms with Crippen LogP contribution < -0.4 is 0 Å². The van der Waals surface area contributed by atoms with Gasteiger partial charge in [-0.1, -0.05) is 19.1 Å². The Balaban J connectivity index is 2.37. The number of carbonyl (C=O) groups excluding carboxylic acids is 1. The third-order valence-electron chi connectivity index (χ3n) is 4.05. The molecule has 2 aromatic heterocycles. The molecule has 0 bridgehead atoms. The first-order valence-electron chi connectivity index (χ1n) is 7.47. The standard InChI is InChI=1S/C15H23N5O/c1-6-10(3)20(11(4)7-2)15(21)12-8-13-14(16-9-12)19(5)18-17-13/h8-11H,6-7H2,1-5H3. The second kappa shape index (κ2) is 6.20. The van der Waals surface area contributed by atoms with Gasteiger partial charge in [-0.15, -0.1) is 5.10 Å². The lowest BCUT2D eigenvalue weighted by molar-refractivity contribution is 0.0598. The number of pyridine rings is 1. The van der Waals surface area contributed by atoms with E-state index in [-0.39, 0.29) is 18.0 Å². The Hall–Kier alpha value is -1.98. The van der Waals surface area contributed by atoms with Gasteiger partial charge in [-0.3, -0.25) is 4.79 Å². The maximum absolute atomic E-state index is 12.8. The molecule has 0 fully saturated rings. The third-order valence-corrected chi connectivity index (χ3v) is 4.05. The molecule has 2 unspecified atom stereocenters. The van der Waals surface area contributed by atoms with Crippen LogP contribution in [-0.4, -0.2) is 42.9 Å². The van der Waals surface area contributed by atoms with Crippen LogP contribution in [0.3, 0.4) is 0 Å². The highest BCUT2D eigenvalue weighted by Crippen LogP contribution is 2.18. The van der Waals surface area contributed by atoms with Gasteiger partial charge in [0.15, 0.2) is 5.65 Å². The molecule has 0 saturated carbocycles. The van der Waals surface area contributed by atoms with Crippen LogP contribution in [0.1, 0.15) is 50.9 Å². The van der Waals surface area contributed by atoms with Crippen LogP contribution in [0.4, 0.5) is 0 Å². The van der Waals surface area contributed by atoms with E-state index in [4.69, 9.17) is 0 Å². The molecule has 6 nitrogen and oxygen atoms in total. The average molecular weight is 289 g/mol. The van der Waals surface area contributed by atoms with Crippen molar-refractivity contribution >= 4 is 17.1 Å². The Morgan fingerprint density at radius 3 is 2.48 bits per heavy atom. The Morgan fingerprint density at radius 2 is 1.90 bits per heavy atom. The summed E-state index contributed by atoms with van der Waals surface area (Å²) in [7, 11) is 1.79. The van der Waals surface area contributed by atoms with Crippen molar-refractivity contribution in [1.82, 2.24) is 24.9 Å². The van der Waals surface area contributed by atoms with E-state index >= 15 is 0 Å². The molecule has 0 spiro atoms. The molecule has 0 aliphatic rings. The van der Waals surface area contributed by atoms with E-state index in [1.54, 1.807) is 24.0 Å². The minimum atomic E-state index is 0.0127. The van der Waals surface area contributed by atoms with E-state index in [9.17, 15) is 4.79 Å². The summed E-state index contributed by atoms with van der Waals surface area (Å²) in [6.07, 6.45) is 3.47. The molecule has 21 heavy (non-hydrogen) atoms. The maximum atomic E-state index is 12.8. The number of aromatic nitrogens is 4. The molecule has 114 valence electrons. The highest BCUT2D eigenvalue weighted by atomic mass is 16.2. The van der Waals surface area contributed by atoms with Crippen molar-refractivity contribution in [2.24, 2.45) is 7.05 Å². The number of aryl methyl sites for hydroxylation is 1. The van der Waals surface area contributed by atoms with Gasteiger partial charge in [0.1, 0.15) is 5.52 Å². The highest BCUT2D eigenvalue weighted by molar-refractivity contribution is 5.96. The molecular formula is C15H23N5O. The van der Waals surface area contributed by atoms with Crippen LogP contribution in [0, 0.1) is 0 Å². The quantitative estimate of drug-likeness (QED) is 0.848. The molecule has 0 saturated heterocycles. The number of nitrogens with zero attached hydrogens (tertiary/aromatic N) is 5. The van der Waals surface area contributed by atoms with Crippen LogP contribution in [0.15, 0.2) is 12.3 Å². The average Bonchev–Trinajstić information content (AvgIpc) is 2.87. The number of rotatable bonds is 5. The minimum Gasteiger partial charge on any atom is -0.333 e. The zero-order chi connectivity index (χ0) is 15.6. The third kappa shape index (κ3) is 2.89. The number of fused-ring (bicyclic) bond motifs is 1. The van der Waals surface area contributed by atoms with Crippen LogP contribution in [0.2, 0.25) is 0 Å². The van der Waals surface area contributed by atoms with Gasteiger partial charge in [-0.2, -0.15) is 0 Å². The first kappa shape index (κ1) is 15.4. The van der Waals surface area contributed by atoms with Gasteiger partial charge in [0.25, 0.3) is 5.91 Å². The van der Waals surface area contributed by atoms with E-state index in [1.165, 1.54) is 0 Å². The summed E-state index contributed by atoms with van der Waals surface area (Å²) in [5.41, 5.74) is 1.91. The molecule has 2 aromatic rings. The second-order valence-electron chi connectivity index (χ2n) is 5.51. The van der Waals surface area contributed by atoms with Gasteiger partial charge in [0.2, 0.25) is 0 Å². The summed E-state index contributed by atoms with van der Waals surface area (Å²) < 4.78 is 1.60. The second-order valence-corrected chi connectivity index (χ2v) is 5.51. The molecule has 2 atom stereocenters. The Morgan fingerprint density at radius 1 is 1.29 bits per heavy atom. The van der Waals surface area contributed by atoms with Gasteiger partial charge < -0.3 is 4.90 Å². The van der Waals surface area contributed by atoms with Crippen molar-refractivity contribution in [3.05, 3.63) is 17.8 Å². The molecule has 6 heteroatoms. The largest absolute Gasteiger partial charge is 0.333 e. The Bertz CT molecular complexity index is 626. The van der Waals surface area contributed by atoms with E-state index < -0.39 is 0 Å².